The summed E-state index contributed by atoms with van der Waals surface area (Å²) in [5.74, 6) is 0.498. The van der Waals surface area contributed by atoms with Crippen molar-refractivity contribution in [2.24, 2.45) is 4.99 Å². The number of ether oxygens (including phenoxy) is 1. The van der Waals surface area contributed by atoms with Crippen LogP contribution in [0.3, 0.4) is 0 Å². The third-order valence-electron chi connectivity index (χ3n) is 4.54. The zero-order valence-electron chi connectivity index (χ0n) is 17.3. The van der Waals surface area contributed by atoms with Crippen LogP contribution in [-0.4, -0.2) is 46.9 Å². The average Bonchev–Trinajstić information content (AvgIpc) is 3.17. The minimum atomic E-state index is 0. The van der Waals surface area contributed by atoms with Gasteiger partial charge in [0.05, 0.1) is 36.5 Å². The summed E-state index contributed by atoms with van der Waals surface area (Å²) in [7, 11) is 3.60. The fourth-order valence-corrected chi connectivity index (χ4v) is 3.47. The largest absolute Gasteiger partial charge is 0.480 e. The number of aromatic nitrogens is 3. The van der Waals surface area contributed by atoms with E-state index in [1.165, 1.54) is 16.7 Å². The van der Waals surface area contributed by atoms with E-state index < -0.39 is 0 Å². The van der Waals surface area contributed by atoms with Crippen molar-refractivity contribution >= 4 is 40.3 Å². The van der Waals surface area contributed by atoms with Crippen LogP contribution >= 0.6 is 28.3 Å². The van der Waals surface area contributed by atoms with Gasteiger partial charge in [-0.05, 0) is 43.5 Å². The van der Waals surface area contributed by atoms with Gasteiger partial charge in [-0.2, -0.15) is 0 Å². The monoisotopic (exact) mass is 475 g/mol. The minimum absolute atomic E-state index is 0. The smallest absolute Gasteiger partial charge is 0.232 e. The molecule has 0 fully saturated rings. The van der Waals surface area contributed by atoms with E-state index in [1.807, 2.05) is 18.8 Å². The number of rotatable bonds is 7. The van der Waals surface area contributed by atoms with Gasteiger partial charge in [0.15, 0.2) is 0 Å². The summed E-state index contributed by atoms with van der Waals surface area (Å²) < 4.78 is 5.06. The van der Waals surface area contributed by atoms with Gasteiger partial charge in [0.2, 0.25) is 5.88 Å². The lowest BCUT2D eigenvalue weighted by atomic mass is 10.0. The van der Waals surface area contributed by atoms with E-state index in [0.29, 0.717) is 5.88 Å². The van der Waals surface area contributed by atoms with Crippen LogP contribution < -0.4 is 4.74 Å². The van der Waals surface area contributed by atoms with E-state index in [9.17, 15) is 0 Å². The second-order valence-corrected chi connectivity index (χ2v) is 7.57. The van der Waals surface area contributed by atoms with E-state index in [1.54, 1.807) is 30.8 Å². The van der Waals surface area contributed by atoms with Crippen molar-refractivity contribution in [1.29, 1.82) is 0 Å². The fourth-order valence-electron chi connectivity index (χ4n) is 2.66. The van der Waals surface area contributed by atoms with Gasteiger partial charge in [-0.3, -0.25) is 0 Å². The summed E-state index contributed by atoms with van der Waals surface area (Å²) >= 11 is 1.64. The Bertz CT molecular complexity index is 972. The van der Waals surface area contributed by atoms with Crippen LogP contribution in [-0.2, 0) is 6.42 Å². The molecule has 0 spiro atoms. The number of benzene rings is 1. The van der Waals surface area contributed by atoms with Gasteiger partial charge in [0.25, 0.3) is 0 Å². The zero-order valence-corrected chi connectivity index (χ0v) is 19.9. The summed E-state index contributed by atoms with van der Waals surface area (Å²) in [6, 6.07) is 4.36. The first-order chi connectivity index (χ1) is 13.5. The van der Waals surface area contributed by atoms with Crippen molar-refractivity contribution in [2.75, 3.05) is 20.7 Å². The molecular formula is C21H26BrN5OS. The van der Waals surface area contributed by atoms with Crippen LogP contribution in [0.4, 0.5) is 5.69 Å². The molecule has 3 rings (SSSR count). The number of thiazole rings is 1. The van der Waals surface area contributed by atoms with Gasteiger partial charge in [0.1, 0.15) is 11.4 Å². The number of hydrogen-bond donors (Lipinski definition) is 0. The predicted molar refractivity (Wildman–Crippen MR) is 125 cm³/mol. The van der Waals surface area contributed by atoms with Crippen LogP contribution in [0.5, 0.6) is 5.88 Å². The van der Waals surface area contributed by atoms with Crippen molar-refractivity contribution in [3.8, 4) is 17.3 Å². The fraction of sp³-hybridized carbons (Fsp3) is 0.333. The summed E-state index contributed by atoms with van der Waals surface area (Å²) in [5, 5.41) is 3.07. The topological polar surface area (TPSA) is 63.5 Å². The molecule has 0 N–H and O–H groups in total. The first-order valence-electron chi connectivity index (χ1n) is 9.15. The lowest BCUT2D eigenvalue weighted by Crippen LogP contribution is -2.14. The SMILES string of the molecule is Br.CCN(C)C=Nc1cc(C)c(Cc2nc(-c3cnc(OC)cn3)cs2)cc1C. The molecule has 0 amide bonds. The third kappa shape index (κ3) is 5.83. The van der Waals surface area contributed by atoms with Crippen molar-refractivity contribution in [3.63, 3.8) is 0 Å². The highest BCUT2D eigenvalue weighted by molar-refractivity contribution is 8.93. The second-order valence-electron chi connectivity index (χ2n) is 6.63. The number of aryl methyl sites for hydroxylation is 2. The normalized spacial score (nSPS) is 10.8. The zero-order chi connectivity index (χ0) is 20.1. The van der Waals surface area contributed by atoms with Gasteiger partial charge >= 0.3 is 0 Å². The molecule has 0 aliphatic rings. The lowest BCUT2D eigenvalue weighted by Gasteiger charge is -2.11. The molecule has 0 bridgehead atoms. The number of methoxy groups -OCH3 is 1. The lowest BCUT2D eigenvalue weighted by molar-refractivity contribution is 0.396. The standard InChI is InChI=1S/C21H25N5OS.BrH/c1-6-26(4)13-24-17-8-14(2)16(7-15(17)3)9-21-25-19(12-28-21)18-10-23-20(27-5)11-22-18;/h7-8,10-13H,6,9H2,1-5H3;1H. The minimum Gasteiger partial charge on any atom is -0.480 e. The maximum absolute atomic E-state index is 5.06. The summed E-state index contributed by atoms with van der Waals surface area (Å²) in [6.07, 6.45) is 5.97. The van der Waals surface area contributed by atoms with Gasteiger partial charge in [-0.15, -0.1) is 28.3 Å². The van der Waals surface area contributed by atoms with Gasteiger partial charge in [-0.1, -0.05) is 6.07 Å². The van der Waals surface area contributed by atoms with Crippen molar-refractivity contribution in [1.82, 2.24) is 19.9 Å². The number of halogens is 1. The molecule has 8 heteroatoms. The number of nitrogens with zero attached hydrogens (tertiary/aromatic N) is 5. The Hall–Kier alpha value is -2.32. The molecule has 1 aromatic carbocycles. The van der Waals surface area contributed by atoms with E-state index in [2.05, 4.69) is 52.8 Å². The molecule has 154 valence electrons. The molecule has 3 aromatic rings. The molecule has 0 radical (unpaired) electrons. The maximum Gasteiger partial charge on any atom is 0.232 e. The summed E-state index contributed by atoms with van der Waals surface area (Å²) in [4.78, 5) is 20.0. The Labute approximate surface area is 186 Å². The molecule has 2 aromatic heterocycles. The quantitative estimate of drug-likeness (QED) is 0.355. The van der Waals surface area contributed by atoms with Crippen LogP contribution in [0.1, 0.15) is 28.6 Å². The first-order valence-corrected chi connectivity index (χ1v) is 10.0. The van der Waals surface area contributed by atoms with Gasteiger partial charge in [0, 0.05) is 25.4 Å². The molecular weight excluding hydrogens is 450 g/mol. The molecule has 0 unspecified atom stereocenters. The Kier molecular flexibility index (Phi) is 8.28. The van der Waals surface area contributed by atoms with Crippen molar-refractivity contribution < 1.29 is 4.74 Å². The summed E-state index contributed by atoms with van der Waals surface area (Å²) in [5.41, 5.74) is 6.25. The predicted octanol–water partition coefficient (Wildman–Crippen LogP) is 5.01. The molecule has 29 heavy (non-hydrogen) atoms. The maximum atomic E-state index is 5.06. The molecule has 6 nitrogen and oxygen atoms in total. The van der Waals surface area contributed by atoms with Crippen molar-refractivity contribution in [2.45, 2.75) is 27.2 Å². The molecule has 0 atom stereocenters. The highest BCUT2D eigenvalue weighted by Crippen LogP contribution is 2.27. The molecule has 0 saturated heterocycles. The molecule has 2 heterocycles. The van der Waals surface area contributed by atoms with Crippen LogP contribution in [0.15, 0.2) is 34.9 Å². The van der Waals surface area contributed by atoms with E-state index in [-0.39, 0.29) is 17.0 Å². The molecule has 0 saturated carbocycles. The molecule has 0 aliphatic carbocycles. The summed E-state index contributed by atoms with van der Waals surface area (Å²) in [6.45, 7) is 7.26. The first kappa shape index (κ1) is 23.0. The number of aliphatic imine (C=N–C) groups is 1. The van der Waals surface area contributed by atoms with Crippen LogP contribution in [0, 0.1) is 13.8 Å². The van der Waals surface area contributed by atoms with Crippen LogP contribution in [0.25, 0.3) is 11.4 Å². The number of hydrogen-bond acceptors (Lipinski definition) is 6. The van der Waals surface area contributed by atoms with Gasteiger partial charge < -0.3 is 9.64 Å². The Balaban J connectivity index is 0.00000300. The Morgan fingerprint density at radius 1 is 1.14 bits per heavy atom. The average molecular weight is 476 g/mol. The van der Waals surface area contributed by atoms with Crippen LogP contribution in [0.2, 0.25) is 0 Å². The Morgan fingerprint density at radius 3 is 2.59 bits per heavy atom. The second kappa shape index (κ2) is 10.5. The third-order valence-corrected chi connectivity index (χ3v) is 5.39. The molecule has 0 aliphatic heterocycles. The highest BCUT2D eigenvalue weighted by Gasteiger charge is 2.10. The van der Waals surface area contributed by atoms with E-state index in [4.69, 9.17) is 9.72 Å². The Morgan fingerprint density at radius 2 is 1.93 bits per heavy atom. The highest BCUT2D eigenvalue weighted by atomic mass is 79.9. The van der Waals surface area contributed by atoms with E-state index in [0.717, 1.165) is 35.0 Å². The van der Waals surface area contributed by atoms with E-state index >= 15 is 0 Å². The van der Waals surface area contributed by atoms with Gasteiger partial charge in [-0.25, -0.2) is 19.9 Å². The van der Waals surface area contributed by atoms with Crippen molar-refractivity contribution in [3.05, 3.63) is 51.6 Å².